The monoisotopic (exact) mass is 152 g/mol. The molecule has 0 bridgehead atoms. The van der Waals surface area contributed by atoms with Crippen LogP contribution in [0.15, 0.2) is 0 Å². The van der Waals surface area contributed by atoms with E-state index in [4.69, 9.17) is 0 Å². The Morgan fingerprint density at radius 2 is 1.73 bits per heavy atom. The maximum absolute atomic E-state index is 11.0. The molecule has 0 amide bonds. The molecule has 0 N–H and O–H groups in total. The summed E-state index contributed by atoms with van der Waals surface area (Å²) in [5.74, 6) is 0.778. The Morgan fingerprint density at radius 3 is 2.18 bits per heavy atom. The van der Waals surface area contributed by atoms with Crippen LogP contribution in [0.25, 0.3) is 0 Å². The largest absolute Gasteiger partial charge is 0.303 e. The maximum Gasteiger partial charge on any atom is 0.126 e. The second-order valence-corrected chi connectivity index (χ2v) is 4.19. The molecule has 0 unspecified atom stereocenters. The number of carbonyl (C=O) groups excluding carboxylic acids is 1. The summed E-state index contributed by atoms with van der Waals surface area (Å²) < 4.78 is 0. The van der Waals surface area contributed by atoms with Gasteiger partial charge in [-0.25, -0.2) is 0 Å². The molecular weight excluding hydrogens is 136 g/mol. The lowest BCUT2D eigenvalue weighted by atomic mass is 9.72. The molecule has 0 heterocycles. The number of aldehydes is 1. The van der Waals surface area contributed by atoms with Gasteiger partial charge < -0.3 is 4.79 Å². The summed E-state index contributed by atoms with van der Waals surface area (Å²) in [6.45, 7) is 0. The molecule has 0 saturated heterocycles. The summed E-state index contributed by atoms with van der Waals surface area (Å²) in [4.78, 5) is 11.0. The van der Waals surface area contributed by atoms with E-state index in [9.17, 15) is 4.79 Å². The van der Waals surface area contributed by atoms with Crippen LogP contribution in [0, 0.1) is 11.3 Å². The molecule has 2 saturated carbocycles. The fourth-order valence-electron chi connectivity index (χ4n) is 2.49. The molecule has 0 spiro atoms. The molecule has 0 aromatic rings. The van der Waals surface area contributed by atoms with Gasteiger partial charge >= 0.3 is 0 Å². The van der Waals surface area contributed by atoms with Crippen LogP contribution in [0.4, 0.5) is 0 Å². The average Bonchev–Trinajstić information content (AvgIpc) is 2.88. The molecule has 2 rings (SSSR count). The first-order valence-electron chi connectivity index (χ1n) is 4.84. The Bertz CT molecular complexity index is 152. The van der Waals surface area contributed by atoms with E-state index in [0.717, 1.165) is 5.92 Å². The summed E-state index contributed by atoms with van der Waals surface area (Å²) in [6, 6.07) is 0. The quantitative estimate of drug-likeness (QED) is 0.556. The second-order valence-electron chi connectivity index (χ2n) is 4.19. The summed E-state index contributed by atoms with van der Waals surface area (Å²) in [6.07, 6.45) is 10.2. The first-order chi connectivity index (χ1) is 5.37. The van der Waals surface area contributed by atoms with Gasteiger partial charge in [0.15, 0.2) is 0 Å². The van der Waals surface area contributed by atoms with Crippen LogP contribution in [0.2, 0.25) is 0 Å². The highest BCUT2D eigenvalue weighted by Gasteiger charge is 2.45. The third kappa shape index (κ3) is 1.21. The van der Waals surface area contributed by atoms with Crippen molar-refractivity contribution >= 4 is 6.29 Å². The predicted molar refractivity (Wildman–Crippen MR) is 44.3 cm³/mol. The van der Waals surface area contributed by atoms with Gasteiger partial charge in [0, 0.05) is 5.41 Å². The van der Waals surface area contributed by atoms with E-state index in [1.54, 1.807) is 0 Å². The Morgan fingerprint density at radius 1 is 1.09 bits per heavy atom. The lowest BCUT2D eigenvalue weighted by molar-refractivity contribution is -0.119. The molecule has 62 valence electrons. The SMILES string of the molecule is O=CC1(C2CC2)CCCCC1. The topological polar surface area (TPSA) is 17.1 Å². The van der Waals surface area contributed by atoms with Gasteiger partial charge in [0.2, 0.25) is 0 Å². The van der Waals surface area contributed by atoms with E-state index >= 15 is 0 Å². The highest BCUT2D eigenvalue weighted by atomic mass is 16.1. The molecule has 0 aromatic heterocycles. The zero-order valence-corrected chi connectivity index (χ0v) is 7.01. The predicted octanol–water partition coefficient (Wildman–Crippen LogP) is 2.55. The van der Waals surface area contributed by atoms with Gasteiger partial charge in [-0.1, -0.05) is 19.3 Å². The fraction of sp³-hybridized carbons (Fsp3) is 0.900. The lowest BCUT2D eigenvalue weighted by Crippen LogP contribution is -2.27. The molecule has 11 heavy (non-hydrogen) atoms. The van der Waals surface area contributed by atoms with Crippen molar-refractivity contribution in [3.63, 3.8) is 0 Å². The van der Waals surface area contributed by atoms with Crippen LogP contribution in [0.1, 0.15) is 44.9 Å². The van der Waals surface area contributed by atoms with Gasteiger partial charge in [-0.2, -0.15) is 0 Å². The maximum atomic E-state index is 11.0. The molecule has 0 aromatic carbocycles. The smallest absolute Gasteiger partial charge is 0.126 e. The van der Waals surface area contributed by atoms with Crippen LogP contribution < -0.4 is 0 Å². The van der Waals surface area contributed by atoms with Crippen LogP contribution in [-0.4, -0.2) is 6.29 Å². The lowest BCUT2D eigenvalue weighted by Gasteiger charge is -2.31. The Labute approximate surface area is 68.2 Å². The number of hydrogen-bond donors (Lipinski definition) is 0. The minimum Gasteiger partial charge on any atom is -0.303 e. The summed E-state index contributed by atoms with van der Waals surface area (Å²) >= 11 is 0. The number of rotatable bonds is 2. The normalized spacial score (nSPS) is 29.8. The van der Waals surface area contributed by atoms with Crippen molar-refractivity contribution < 1.29 is 4.79 Å². The molecule has 0 aliphatic heterocycles. The van der Waals surface area contributed by atoms with E-state index in [-0.39, 0.29) is 5.41 Å². The highest BCUT2D eigenvalue weighted by Crippen LogP contribution is 2.52. The van der Waals surface area contributed by atoms with Crippen LogP contribution in [-0.2, 0) is 4.79 Å². The molecule has 0 atom stereocenters. The van der Waals surface area contributed by atoms with Crippen molar-refractivity contribution in [1.29, 1.82) is 0 Å². The number of carbonyl (C=O) groups is 1. The van der Waals surface area contributed by atoms with Crippen LogP contribution >= 0.6 is 0 Å². The first-order valence-corrected chi connectivity index (χ1v) is 4.84. The average molecular weight is 152 g/mol. The molecule has 0 radical (unpaired) electrons. The zero-order valence-electron chi connectivity index (χ0n) is 7.01. The molecule has 2 fully saturated rings. The first kappa shape index (κ1) is 7.33. The van der Waals surface area contributed by atoms with Gasteiger partial charge in [-0.3, -0.25) is 0 Å². The van der Waals surface area contributed by atoms with Gasteiger partial charge in [0.25, 0.3) is 0 Å². The van der Waals surface area contributed by atoms with Gasteiger partial charge in [0.05, 0.1) is 0 Å². The van der Waals surface area contributed by atoms with Crippen molar-refractivity contribution in [1.82, 2.24) is 0 Å². The minimum atomic E-state index is 0.151. The molecule has 2 aliphatic rings. The fourth-order valence-corrected chi connectivity index (χ4v) is 2.49. The van der Waals surface area contributed by atoms with Gasteiger partial charge in [-0.15, -0.1) is 0 Å². The molecule has 1 heteroatoms. The van der Waals surface area contributed by atoms with Crippen molar-refractivity contribution in [2.75, 3.05) is 0 Å². The Kier molecular flexibility index (Phi) is 1.74. The minimum absolute atomic E-state index is 0.151. The van der Waals surface area contributed by atoms with Crippen molar-refractivity contribution in [3.8, 4) is 0 Å². The third-order valence-electron chi connectivity index (χ3n) is 3.41. The van der Waals surface area contributed by atoms with E-state index in [1.165, 1.54) is 51.2 Å². The molecule has 2 aliphatic carbocycles. The highest BCUT2D eigenvalue weighted by molar-refractivity contribution is 5.60. The Hall–Kier alpha value is -0.330. The number of hydrogen-bond acceptors (Lipinski definition) is 1. The molecule has 1 nitrogen and oxygen atoms in total. The summed E-state index contributed by atoms with van der Waals surface area (Å²) in [7, 11) is 0. The van der Waals surface area contributed by atoms with Crippen molar-refractivity contribution in [2.45, 2.75) is 44.9 Å². The van der Waals surface area contributed by atoms with E-state index in [2.05, 4.69) is 0 Å². The summed E-state index contributed by atoms with van der Waals surface area (Å²) in [5.41, 5.74) is 0.151. The van der Waals surface area contributed by atoms with Crippen molar-refractivity contribution in [3.05, 3.63) is 0 Å². The van der Waals surface area contributed by atoms with Gasteiger partial charge in [-0.05, 0) is 31.6 Å². The second kappa shape index (κ2) is 2.62. The van der Waals surface area contributed by atoms with Crippen LogP contribution in [0.5, 0.6) is 0 Å². The zero-order chi connectivity index (χ0) is 7.73. The van der Waals surface area contributed by atoms with Gasteiger partial charge in [0.1, 0.15) is 6.29 Å². The van der Waals surface area contributed by atoms with E-state index < -0.39 is 0 Å². The Balaban J connectivity index is 2.06. The third-order valence-corrected chi connectivity index (χ3v) is 3.41. The standard InChI is InChI=1S/C10H16O/c11-8-10(9-4-5-9)6-2-1-3-7-10/h8-9H,1-7H2. The van der Waals surface area contributed by atoms with Crippen LogP contribution in [0.3, 0.4) is 0 Å². The molecular formula is C10H16O. The summed E-state index contributed by atoms with van der Waals surface area (Å²) in [5, 5.41) is 0. The van der Waals surface area contributed by atoms with Crippen molar-refractivity contribution in [2.24, 2.45) is 11.3 Å². The van der Waals surface area contributed by atoms with E-state index in [0.29, 0.717) is 0 Å². The van der Waals surface area contributed by atoms with E-state index in [1.807, 2.05) is 0 Å².